The summed E-state index contributed by atoms with van der Waals surface area (Å²) in [5.41, 5.74) is 3.21. The van der Waals surface area contributed by atoms with Crippen LogP contribution in [0.3, 0.4) is 0 Å². The highest BCUT2D eigenvalue weighted by atomic mass is 32.2. The van der Waals surface area contributed by atoms with Crippen LogP contribution in [0, 0.1) is 27.7 Å². The van der Waals surface area contributed by atoms with E-state index in [4.69, 9.17) is 0 Å². The van der Waals surface area contributed by atoms with E-state index in [1.54, 1.807) is 29.2 Å². The highest BCUT2D eigenvalue weighted by Crippen LogP contribution is 2.29. The minimum Gasteiger partial charge on any atom is -0.335 e. The summed E-state index contributed by atoms with van der Waals surface area (Å²) in [6, 6.07) is 8.82. The van der Waals surface area contributed by atoms with Crippen molar-refractivity contribution in [3.05, 3.63) is 68.6 Å². The van der Waals surface area contributed by atoms with Crippen molar-refractivity contribution >= 4 is 26.7 Å². The average molecular weight is 455 g/mol. The number of piperazine rings is 1. The van der Waals surface area contributed by atoms with Gasteiger partial charge in [-0.05, 0) is 56.0 Å². The predicted octanol–water partition coefficient (Wildman–Crippen LogP) is 2.30. The van der Waals surface area contributed by atoms with E-state index in [1.165, 1.54) is 4.31 Å². The number of H-pyrrole nitrogens is 1. The van der Waals surface area contributed by atoms with Gasteiger partial charge in [0.1, 0.15) is 0 Å². The van der Waals surface area contributed by atoms with E-state index >= 15 is 0 Å². The number of aryl methyl sites for hydroxylation is 2. The zero-order chi connectivity index (χ0) is 23.2. The number of hydrogen-bond acceptors (Lipinski definition) is 5. The Morgan fingerprint density at radius 1 is 0.938 bits per heavy atom. The largest absolute Gasteiger partial charge is 0.335 e. The molecule has 2 heterocycles. The number of aromatic amines is 1. The van der Waals surface area contributed by atoms with Crippen LogP contribution < -0.4 is 5.56 Å². The molecule has 2 aromatic carbocycles. The lowest BCUT2D eigenvalue weighted by Gasteiger charge is -2.34. The van der Waals surface area contributed by atoms with E-state index < -0.39 is 10.0 Å². The molecule has 1 N–H and O–H groups in total. The highest BCUT2D eigenvalue weighted by molar-refractivity contribution is 7.89. The molecular weight excluding hydrogens is 428 g/mol. The third-order valence-electron chi connectivity index (χ3n) is 6.32. The van der Waals surface area contributed by atoms with Crippen molar-refractivity contribution in [2.75, 3.05) is 26.2 Å². The summed E-state index contributed by atoms with van der Waals surface area (Å²) in [5.74, 6) is -0.326. The van der Waals surface area contributed by atoms with Crippen LogP contribution >= 0.6 is 0 Å². The van der Waals surface area contributed by atoms with Gasteiger partial charge in [0.2, 0.25) is 10.0 Å². The lowest BCUT2D eigenvalue weighted by Crippen LogP contribution is -2.51. The van der Waals surface area contributed by atoms with Crippen LogP contribution in [-0.2, 0) is 10.0 Å². The number of amides is 1. The number of carbonyl (C=O) groups is 1. The molecule has 1 amide bonds. The van der Waals surface area contributed by atoms with Crippen molar-refractivity contribution in [3.63, 3.8) is 0 Å². The van der Waals surface area contributed by atoms with Crippen molar-refractivity contribution in [2.24, 2.45) is 0 Å². The standard InChI is InChI=1S/C23H26N4O4S/c1-14-13-15(2)17(4)21(16(14)3)32(30,31)27-11-9-26(10-12-27)23(29)20-18-7-5-6-8-19(18)22(28)25-24-20/h5-8,13H,9-12H2,1-4H3,(H,25,28). The molecule has 0 saturated carbocycles. The number of rotatable bonds is 3. The van der Waals surface area contributed by atoms with Gasteiger partial charge in [-0.25, -0.2) is 13.5 Å². The summed E-state index contributed by atoms with van der Waals surface area (Å²) in [5, 5.41) is 7.24. The summed E-state index contributed by atoms with van der Waals surface area (Å²) < 4.78 is 28.4. The van der Waals surface area contributed by atoms with Crippen LogP contribution in [0.15, 0.2) is 40.0 Å². The number of nitrogens with zero attached hydrogens (tertiary/aromatic N) is 3. The topological polar surface area (TPSA) is 103 Å². The van der Waals surface area contributed by atoms with Crippen LogP contribution in [0.2, 0.25) is 0 Å². The lowest BCUT2D eigenvalue weighted by atomic mass is 10.0. The Balaban J connectivity index is 1.59. The third-order valence-corrected chi connectivity index (χ3v) is 8.49. The molecule has 168 valence electrons. The van der Waals surface area contributed by atoms with Gasteiger partial charge in [0.25, 0.3) is 11.5 Å². The molecule has 1 aliphatic rings. The number of sulfonamides is 1. The van der Waals surface area contributed by atoms with Gasteiger partial charge < -0.3 is 4.90 Å². The number of nitrogens with one attached hydrogen (secondary N) is 1. The number of hydrogen-bond donors (Lipinski definition) is 1. The number of aromatic nitrogens is 2. The fourth-order valence-electron chi connectivity index (χ4n) is 4.26. The molecule has 0 radical (unpaired) electrons. The molecule has 1 aromatic heterocycles. The minimum atomic E-state index is -3.69. The average Bonchev–Trinajstić information content (AvgIpc) is 2.78. The van der Waals surface area contributed by atoms with E-state index in [9.17, 15) is 18.0 Å². The molecule has 9 heteroatoms. The van der Waals surface area contributed by atoms with Crippen molar-refractivity contribution in [1.82, 2.24) is 19.4 Å². The van der Waals surface area contributed by atoms with Gasteiger partial charge in [-0.15, -0.1) is 0 Å². The maximum absolute atomic E-state index is 13.5. The quantitative estimate of drug-likeness (QED) is 0.654. The molecule has 0 atom stereocenters. The Bertz CT molecular complexity index is 1360. The third kappa shape index (κ3) is 3.61. The van der Waals surface area contributed by atoms with Crippen LogP contribution in [-0.4, -0.2) is 59.9 Å². The second-order valence-electron chi connectivity index (χ2n) is 8.23. The first-order valence-corrected chi connectivity index (χ1v) is 11.9. The van der Waals surface area contributed by atoms with Crippen LogP contribution in [0.1, 0.15) is 32.7 Å². The first-order valence-electron chi connectivity index (χ1n) is 10.5. The van der Waals surface area contributed by atoms with Gasteiger partial charge in [0.05, 0.1) is 10.3 Å². The molecule has 8 nitrogen and oxygen atoms in total. The normalized spacial score (nSPS) is 15.3. The number of benzene rings is 2. The summed E-state index contributed by atoms with van der Waals surface area (Å²) in [6.07, 6.45) is 0. The van der Waals surface area contributed by atoms with Crippen LogP contribution in [0.4, 0.5) is 0 Å². The molecule has 1 saturated heterocycles. The SMILES string of the molecule is Cc1cc(C)c(C)c(S(=O)(=O)N2CCN(C(=O)c3n[nH]c(=O)c4ccccc34)CC2)c1C. The molecule has 0 unspecified atom stereocenters. The maximum Gasteiger partial charge on any atom is 0.275 e. The Kier molecular flexibility index (Phi) is 5.64. The van der Waals surface area contributed by atoms with E-state index in [1.807, 2.05) is 33.8 Å². The molecule has 0 bridgehead atoms. The molecular formula is C23H26N4O4S. The first-order chi connectivity index (χ1) is 15.1. The smallest absolute Gasteiger partial charge is 0.275 e. The van der Waals surface area contributed by atoms with Gasteiger partial charge in [-0.1, -0.05) is 24.3 Å². The molecule has 0 spiro atoms. The Hall–Kier alpha value is -3.04. The second kappa shape index (κ2) is 8.14. The van der Waals surface area contributed by atoms with Gasteiger partial charge in [-0.3, -0.25) is 9.59 Å². The molecule has 1 aliphatic heterocycles. The number of carbonyl (C=O) groups excluding carboxylic acids is 1. The zero-order valence-electron chi connectivity index (χ0n) is 18.6. The Morgan fingerprint density at radius 2 is 1.50 bits per heavy atom. The van der Waals surface area contributed by atoms with E-state index in [-0.39, 0.29) is 43.3 Å². The highest BCUT2D eigenvalue weighted by Gasteiger charge is 2.33. The van der Waals surface area contributed by atoms with Crippen molar-refractivity contribution in [2.45, 2.75) is 32.6 Å². The molecule has 4 rings (SSSR count). The van der Waals surface area contributed by atoms with E-state index in [2.05, 4.69) is 10.2 Å². The van der Waals surface area contributed by atoms with E-state index in [0.29, 0.717) is 15.7 Å². The monoisotopic (exact) mass is 454 g/mol. The maximum atomic E-state index is 13.5. The Labute approximate surface area is 186 Å². The van der Waals surface area contributed by atoms with Gasteiger partial charge >= 0.3 is 0 Å². The number of fused-ring (bicyclic) bond motifs is 1. The second-order valence-corrected chi connectivity index (χ2v) is 10.1. The van der Waals surface area contributed by atoms with Crippen LogP contribution in [0.5, 0.6) is 0 Å². The summed E-state index contributed by atoms with van der Waals surface area (Å²) in [6.45, 7) is 8.38. The van der Waals surface area contributed by atoms with Crippen molar-refractivity contribution in [3.8, 4) is 0 Å². The minimum absolute atomic E-state index is 0.164. The first kappa shape index (κ1) is 22.2. The van der Waals surface area contributed by atoms with Crippen molar-refractivity contribution < 1.29 is 13.2 Å². The fraction of sp³-hybridized carbons (Fsp3) is 0.348. The van der Waals surface area contributed by atoms with Gasteiger partial charge in [0.15, 0.2) is 5.69 Å². The molecule has 0 aliphatic carbocycles. The Morgan fingerprint density at radius 3 is 2.09 bits per heavy atom. The van der Waals surface area contributed by atoms with Crippen molar-refractivity contribution in [1.29, 1.82) is 0 Å². The zero-order valence-corrected chi connectivity index (χ0v) is 19.4. The predicted molar refractivity (Wildman–Crippen MR) is 122 cm³/mol. The lowest BCUT2D eigenvalue weighted by molar-refractivity contribution is 0.0693. The van der Waals surface area contributed by atoms with Gasteiger partial charge in [0, 0.05) is 31.6 Å². The summed E-state index contributed by atoms with van der Waals surface area (Å²) in [7, 11) is -3.69. The molecule has 32 heavy (non-hydrogen) atoms. The molecule has 3 aromatic rings. The van der Waals surface area contributed by atoms with E-state index in [0.717, 1.165) is 22.3 Å². The summed E-state index contributed by atoms with van der Waals surface area (Å²) >= 11 is 0. The molecule has 1 fully saturated rings. The fourth-order valence-corrected chi connectivity index (χ4v) is 6.25. The summed E-state index contributed by atoms with van der Waals surface area (Å²) in [4.78, 5) is 27.1. The van der Waals surface area contributed by atoms with Gasteiger partial charge in [-0.2, -0.15) is 9.40 Å². The van der Waals surface area contributed by atoms with Crippen LogP contribution in [0.25, 0.3) is 10.8 Å².